The number of nitrogens with two attached hydrogens (primary N) is 1. The van der Waals surface area contributed by atoms with Gasteiger partial charge in [0.05, 0.1) is 20.0 Å². The molecular formula is C20H25N5O6Si. The number of imidazole rings is 1. The minimum atomic E-state index is -1.79. The van der Waals surface area contributed by atoms with Crippen molar-refractivity contribution in [3.8, 4) is 0 Å². The molecule has 1 aliphatic heterocycles. The van der Waals surface area contributed by atoms with E-state index < -0.39 is 44.1 Å². The topological polar surface area (TPSA) is 166 Å². The van der Waals surface area contributed by atoms with Crippen molar-refractivity contribution < 1.29 is 24.5 Å². The molecule has 5 N–H and O–H groups in total. The lowest BCUT2D eigenvalue weighted by molar-refractivity contribution is -0.0565. The Morgan fingerprint density at radius 1 is 1.28 bits per heavy atom. The molecule has 3 heterocycles. The van der Waals surface area contributed by atoms with E-state index in [4.69, 9.17) is 15.2 Å². The Bertz CT molecular complexity index is 1220. The van der Waals surface area contributed by atoms with E-state index in [1.54, 1.807) is 12.1 Å². The maximum atomic E-state index is 12.7. The van der Waals surface area contributed by atoms with Gasteiger partial charge in [-0.05, 0) is 11.3 Å². The van der Waals surface area contributed by atoms with E-state index in [2.05, 4.69) is 34.6 Å². The summed E-state index contributed by atoms with van der Waals surface area (Å²) in [5.41, 5.74) is 5.67. The van der Waals surface area contributed by atoms with Crippen molar-refractivity contribution in [2.45, 2.75) is 44.2 Å². The number of anilines is 1. The summed E-state index contributed by atoms with van der Waals surface area (Å²) in [6, 6.07) is 7.29. The van der Waals surface area contributed by atoms with Crippen molar-refractivity contribution in [1.29, 1.82) is 0 Å². The minimum Gasteiger partial charge on any atom is -0.459 e. The second-order valence-electron chi connectivity index (χ2n) is 8.72. The van der Waals surface area contributed by atoms with Gasteiger partial charge in [-0.15, -0.1) is 0 Å². The highest BCUT2D eigenvalue weighted by Crippen LogP contribution is 2.31. The van der Waals surface area contributed by atoms with Gasteiger partial charge >= 0.3 is 5.97 Å². The predicted molar refractivity (Wildman–Crippen MR) is 118 cm³/mol. The zero-order valence-electron chi connectivity index (χ0n) is 17.8. The molecule has 1 aliphatic rings. The average Bonchev–Trinajstić information content (AvgIpc) is 3.27. The summed E-state index contributed by atoms with van der Waals surface area (Å²) in [6.45, 7) is 6.12. The van der Waals surface area contributed by atoms with Crippen molar-refractivity contribution in [3.05, 3.63) is 46.5 Å². The number of carbonyl (C=O) groups is 1. The smallest absolute Gasteiger partial charge is 0.338 e. The monoisotopic (exact) mass is 459 g/mol. The number of benzene rings is 1. The minimum absolute atomic E-state index is 0.0160. The molecule has 2 aromatic heterocycles. The molecule has 0 radical (unpaired) electrons. The maximum absolute atomic E-state index is 12.7. The first-order valence-electron chi connectivity index (χ1n) is 10.1. The molecule has 4 atom stereocenters. The number of fused-ring (bicyclic) bond motifs is 1. The Labute approximate surface area is 183 Å². The number of nitrogen functional groups attached to an aromatic ring is 1. The lowest BCUT2D eigenvalue weighted by atomic mass is 10.1. The second-order valence-corrected chi connectivity index (χ2v) is 13.8. The maximum Gasteiger partial charge on any atom is 0.338 e. The molecule has 3 aromatic rings. The van der Waals surface area contributed by atoms with Crippen LogP contribution >= 0.6 is 0 Å². The van der Waals surface area contributed by atoms with Crippen LogP contribution in [0, 0.1) is 0 Å². The summed E-state index contributed by atoms with van der Waals surface area (Å²) in [5, 5.41) is 22.0. The van der Waals surface area contributed by atoms with Gasteiger partial charge in [-0.1, -0.05) is 37.8 Å². The number of aromatic nitrogens is 4. The van der Waals surface area contributed by atoms with Gasteiger partial charge in [0.2, 0.25) is 5.95 Å². The van der Waals surface area contributed by atoms with Crippen molar-refractivity contribution in [2.75, 3.05) is 12.3 Å². The van der Waals surface area contributed by atoms with Crippen LogP contribution in [0.5, 0.6) is 0 Å². The number of aromatic amines is 1. The molecule has 32 heavy (non-hydrogen) atoms. The number of ether oxygens (including phenoxy) is 2. The quantitative estimate of drug-likeness (QED) is 0.296. The number of H-pyrrole nitrogens is 1. The molecule has 11 nitrogen and oxygen atoms in total. The van der Waals surface area contributed by atoms with Gasteiger partial charge in [0.1, 0.15) is 24.9 Å². The average molecular weight is 460 g/mol. The van der Waals surface area contributed by atoms with Crippen LogP contribution in [0.3, 0.4) is 0 Å². The van der Waals surface area contributed by atoms with Crippen LogP contribution in [0.2, 0.25) is 19.6 Å². The summed E-state index contributed by atoms with van der Waals surface area (Å²) >= 11 is 0. The van der Waals surface area contributed by atoms with Gasteiger partial charge in [-0.25, -0.2) is 9.78 Å². The fourth-order valence-electron chi connectivity index (χ4n) is 3.78. The van der Waals surface area contributed by atoms with Gasteiger partial charge < -0.3 is 25.4 Å². The number of nitrogens with zero attached hydrogens (tertiary/aromatic N) is 3. The summed E-state index contributed by atoms with van der Waals surface area (Å²) < 4.78 is 12.5. The summed E-state index contributed by atoms with van der Waals surface area (Å²) in [4.78, 5) is 35.1. The third-order valence-electron chi connectivity index (χ3n) is 5.40. The first-order chi connectivity index (χ1) is 15.1. The molecule has 4 rings (SSSR count). The number of hydrogen-bond donors (Lipinski definition) is 4. The normalized spacial score (nSPS) is 23.5. The van der Waals surface area contributed by atoms with E-state index in [0.717, 1.165) is 5.19 Å². The summed E-state index contributed by atoms with van der Waals surface area (Å²) in [7, 11) is -1.79. The Kier molecular flexibility index (Phi) is 5.62. The van der Waals surface area contributed by atoms with Crippen LogP contribution in [0.4, 0.5) is 5.95 Å². The van der Waals surface area contributed by atoms with Crippen LogP contribution in [-0.2, 0) is 9.47 Å². The van der Waals surface area contributed by atoms with E-state index >= 15 is 0 Å². The molecule has 1 fully saturated rings. The highest BCUT2D eigenvalue weighted by Gasteiger charge is 2.45. The van der Waals surface area contributed by atoms with E-state index in [1.165, 1.54) is 10.9 Å². The third-order valence-corrected chi connectivity index (χ3v) is 7.45. The van der Waals surface area contributed by atoms with Gasteiger partial charge in [0, 0.05) is 0 Å². The van der Waals surface area contributed by atoms with Gasteiger partial charge in [-0.2, -0.15) is 4.98 Å². The molecule has 0 amide bonds. The molecule has 0 spiro atoms. The zero-order valence-corrected chi connectivity index (χ0v) is 18.8. The Morgan fingerprint density at radius 2 is 2.00 bits per heavy atom. The predicted octanol–water partition coefficient (Wildman–Crippen LogP) is -0.277. The van der Waals surface area contributed by atoms with Crippen molar-refractivity contribution in [2.24, 2.45) is 0 Å². The molecular weight excluding hydrogens is 434 g/mol. The molecule has 12 heteroatoms. The van der Waals surface area contributed by atoms with Crippen LogP contribution in [-0.4, -0.2) is 68.7 Å². The number of nitrogens with one attached hydrogen (secondary N) is 1. The number of rotatable bonds is 5. The lowest BCUT2D eigenvalue weighted by Crippen LogP contribution is -2.42. The van der Waals surface area contributed by atoms with E-state index in [9.17, 15) is 19.8 Å². The fourth-order valence-corrected chi connectivity index (χ4v) is 5.37. The molecule has 0 bridgehead atoms. The largest absolute Gasteiger partial charge is 0.459 e. The highest BCUT2D eigenvalue weighted by molar-refractivity contribution is 6.89. The van der Waals surface area contributed by atoms with Gasteiger partial charge in [-0.3, -0.25) is 14.3 Å². The second kappa shape index (κ2) is 8.13. The number of hydrogen-bond acceptors (Lipinski definition) is 9. The number of carbonyl (C=O) groups excluding carboxylic acids is 1. The van der Waals surface area contributed by atoms with Gasteiger partial charge in [0.15, 0.2) is 17.4 Å². The summed E-state index contributed by atoms with van der Waals surface area (Å²) in [6.07, 6.45) is -3.52. The molecule has 0 aliphatic carbocycles. The number of esters is 1. The number of aliphatic hydroxyl groups excluding tert-OH is 2. The molecule has 0 saturated carbocycles. The first-order valence-corrected chi connectivity index (χ1v) is 13.6. The van der Waals surface area contributed by atoms with Crippen LogP contribution < -0.4 is 16.5 Å². The Morgan fingerprint density at radius 3 is 2.72 bits per heavy atom. The van der Waals surface area contributed by atoms with Crippen LogP contribution in [0.25, 0.3) is 11.2 Å². The highest BCUT2D eigenvalue weighted by atomic mass is 28.3. The standard InChI is InChI=1S/C20H25N5O6Si/c1-32(2,3)12-7-5-4-6-10(12)19(29)30-8-11-14(26)15(27)18(31-11)25-9-22-13-16(25)23-20(21)24-17(13)28/h4-7,9,11,14-15,18,26-27H,8H2,1-3H3,(H3,21,23,24,28)/t11-,14-,15-,18-/m1/s1. The Hall–Kier alpha value is -3.06. The van der Waals surface area contributed by atoms with Crippen molar-refractivity contribution in [3.63, 3.8) is 0 Å². The van der Waals surface area contributed by atoms with Crippen LogP contribution in [0.1, 0.15) is 16.6 Å². The molecule has 1 aromatic carbocycles. The van der Waals surface area contributed by atoms with Gasteiger partial charge in [0.25, 0.3) is 5.56 Å². The lowest BCUT2D eigenvalue weighted by Gasteiger charge is -2.21. The Balaban J connectivity index is 1.52. The van der Waals surface area contributed by atoms with Crippen molar-refractivity contribution in [1.82, 2.24) is 19.5 Å². The van der Waals surface area contributed by atoms with E-state index in [0.29, 0.717) is 5.56 Å². The summed E-state index contributed by atoms with van der Waals surface area (Å²) in [5.74, 6) is -0.644. The molecule has 1 saturated heterocycles. The molecule has 170 valence electrons. The fraction of sp³-hybridized carbons (Fsp3) is 0.400. The third kappa shape index (κ3) is 3.93. The number of aliphatic hydroxyl groups is 2. The van der Waals surface area contributed by atoms with Crippen LogP contribution in [0.15, 0.2) is 35.4 Å². The molecule has 0 unspecified atom stereocenters. The first kappa shape index (κ1) is 22.1. The van der Waals surface area contributed by atoms with Crippen molar-refractivity contribution >= 4 is 36.3 Å². The SMILES string of the molecule is C[Si](C)(C)c1ccccc1C(=O)OC[C@H]1O[C@@H](n2cnc3c(=O)[nH]c(N)nc32)[C@H](O)[C@@H]1O. The zero-order chi connectivity index (χ0) is 23.2. The van der Waals surface area contributed by atoms with E-state index in [1.807, 2.05) is 12.1 Å². The van der Waals surface area contributed by atoms with E-state index in [-0.39, 0.29) is 23.7 Å².